The Kier molecular flexibility index (Phi) is 7.89. The minimum Gasteiger partial charge on any atom is -0.462 e. The van der Waals surface area contributed by atoms with Crippen LogP contribution in [0.25, 0.3) is 6.08 Å². The number of esters is 1. The van der Waals surface area contributed by atoms with E-state index in [1.54, 1.807) is 6.08 Å². The van der Waals surface area contributed by atoms with Crippen LogP contribution in [0.15, 0.2) is 40.6 Å². The van der Waals surface area contributed by atoms with E-state index in [0.717, 1.165) is 34.4 Å². The lowest BCUT2D eigenvalue weighted by atomic mass is 10.2. The molecule has 2 heterocycles. The van der Waals surface area contributed by atoms with Crippen molar-refractivity contribution in [3.8, 4) is 0 Å². The molecule has 0 atom stereocenters. The van der Waals surface area contributed by atoms with Crippen molar-refractivity contribution in [2.75, 3.05) is 18.5 Å². The van der Waals surface area contributed by atoms with Crippen LogP contribution in [0, 0.1) is 0 Å². The summed E-state index contributed by atoms with van der Waals surface area (Å²) in [5.74, 6) is -1.68. The second kappa shape index (κ2) is 10.6. The Hall–Kier alpha value is -2.62. The van der Waals surface area contributed by atoms with Gasteiger partial charge < -0.3 is 10.1 Å². The second-order valence-electron chi connectivity index (χ2n) is 6.52. The van der Waals surface area contributed by atoms with Crippen molar-refractivity contribution < 1.29 is 23.9 Å². The molecule has 10 heteroatoms. The summed E-state index contributed by atoms with van der Waals surface area (Å²) in [5, 5.41) is 4.13. The summed E-state index contributed by atoms with van der Waals surface area (Å²) in [4.78, 5) is 51.3. The number of hydrogen-bond acceptors (Lipinski definition) is 7. The van der Waals surface area contributed by atoms with Crippen LogP contribution in [0.3, 0.4) is 0 Å². The molecular weight excluding hydrogens is 460 g/mol. The van der Waals surface area contributed by atoms with Crippen molar-refractivity contribution in [3.05, 3.63) is 56.1 Å². The van der Waals surface area contributed by atoms with Crippen LogP contribution in [0.5, 0.6) is 0 Å². The van der Waals surface area contributed by atoms with Crippen LogP contribution in [0.1, 0.15) is 35.0 Å². The first-order valence-corrected chi connectivity index (χ1v) is 11.5. The normalized spacial score (nSPS) is 14.9. The van der Waals surface area contributed by atoms with E-state index in [4.69, 9.17) is 16.3 Å². The number of thiophene rings is 1. The number of nitrogens with one attached hydrogen (secondary N) is 1. The van der Waals surface area contributed by atoms with Crippen molar-refractivity contribution in [1.82, 2.24) is 4.90 Å². The van der Waals surface area contributed by atoms with Crippen molar-refractivity contribution in [3.63, 3.8) is 0 Å². The fourth-order valence-electron chi connectivity index (χ4n) is 2.63. The fourth-order valence-corrected chi connectivity index (χ4v) is 4.39. The van der Waals surface area contributed by atoms with E-state index >= 15 is 0 Å². The van der Waals surface area contributed by atoms with Crippen molar-refractivity contribution >= 4 is 69.5 Å². The fraction of sp³-hybridized carbons (Fsp3) is 0.238. The number of unbranched alkanes of at least 4 members (excludes halogenated alkanes) is 1. The van der Waals surface area contributed by atoms with Gasteiger partial charge >= 0.3 is 5.97 Å². The van der Waals surface area contributed by atoms with Crippen LogP contribution in [0.4, 0.5) is 10.5 Å². The third-order valence-electron chi connectivity index (χ3n) is 4.19. The number of carbonyl (C=O) groups is 4. The quantitative estimate of drug-likeness (QED) is 0.325. The molecule has 0 radical (unpaired) electrons. The Morgan fingerprint density at radius 3 is 2.77 bits per heavy atom. The maximum atomic E-state index is 12.5. The smallest absolute Gasteiger partial charge is 0.339 e. The highest BCUT2D eigenvalue weighted by Crippen LogP contribution is 2.33. The lowest BCUT2D eigenvalue weighted by Crippen LogP contribution is -2.36. The van der Waals surface area contributed by atoms with Crippen LogP contribution in [-0.4, -0.2) is 41.1 Å². The van der Waals surface area contributed by atoms with Gasteiger partial charge in [0, 0.05) is 10.6 Å². The van der Waals surface area contributed by atoms with Gasteiger partial charge in [-0.1, -0.05) is 31.0 Å². The number of hydrogen-bond donors (Lipinski definition) is 1. The topological polar surface area (TPSA) is 92.8 Å². The minimum absolute atomic E-state index is 0.126. The number of imide groups is 1. The predicted octanol–water partition coefficient (Wildman–Crippen LogP) is 5.03. The molecule has 0 aliphatic carbocycles. The highest BCUT2D eigenvalue weighted by Gasteiger charge is 2.36. The predicted molar refractivity (Wildman–Crippen MR) is 122 cm³/mol. The van der Waals surface area contributed by atoms with Crippen molar-refractivity contribution in [2.45, 2.75) is 19.8 Å². The number of anilines is 1. The molecule has 1 aromatic heterocycles. The summed E-state index contributed by atoms with van der Waals surface area (Å²) >= 11 is 8.30. The maximum absolute atomic E-state index is 12.5. The second-order valence-corrected chi connectivity index (χ2v) is 8.90. The molecule has 0 bridgehead atoms. The molecule has 1 aliphatic heterocycles. The molecule has 1 aliphatic rings. The lowest BCUT2D eigenvalue weighted by Gasteiger charge is -2.13. The molecule has 0 saturated carbocycles. The molecule has 3 rings (SSSR count). The van der Waals surface area contributed by atoms with Gasteiger partial charge in [0.2, 0.25) is 5.91 Å². The molecule has 1 fully saturated rings. The Labute approximate surface area is 192 Å². The molecule has 0 unspecified atom stereocenters. The van der Waals surface area contributed by atoms with Gasteiger partial charge in [-0.3, -0.25) is 19.3 Å². The Bertz CT molecular complexity index is 1040. The molecule has 162 valence electrons. The van der Waals surface area contributed by atoms with E-state index in [2.05, 4.69) is 5.32 Å². The number of halogens is 1. The van der Waals surface area contributed by atoms with Crippen LogP contribution in [0.2, 0.25) is 5.02 Å². The summed E-state index contributed by atoms with van der Waals surface area (Å²) in [6.07, 6.45) is 3.25. The first-order valence-electron chi connectivity index (χ1n) is 9.44. The van der Waals surface area contributed by atoms with Gasteiger partial charge in [-0.05, 0) is 53.9 Å². The molecule has 0 spiro atoms. The molecule has 3 amide bonds. The van der Waals surface area contributed by atoms with Gasteiger partial charge in [0.15, 0.2) is 0 Å². The number of nitrogens with zero attached hydrogens (tertiary/aromatic N) is 1. The SMILES string of the molecule is CCCCOC(=O)c1cc(NC(=O)CN2C(=O)S/C(=C/c3cccs3)C2=O)ccc1Cl. The minimum atomic E-state index is -0.584. The summed E-state index contributed by atoms with van der Waals surface area (Å²) in [7, 11) is 0. The molecule has 1 N–H and O–H groups in total. The van der Waals surface area contributed by atoms with E-state index in [1.807, 2.05) is 24.4 Å². The molecular formula is C21H19ClN2O5S2. The third kappa shape index (κ3) is 5.96. The van der Waals surface area contributed by atoms with E-state index in [9.17, 15) is 19.2 Å². The zero-order chi connectivity index (χ0) is 22.4. The number of ether oxygens (including phenoxy) is 1. The monoisotopic (exact) mass is 478 g/mol. The molecule has 1 aromatic carbocycles. The zero-order valence-corrected chi connectivity index (χ0v) is 18.9. The number of benzene rings is 1. The van der Waals surface area contributed by atoms with Gasteiger partial charge in [0.1, 0.15) is 6.54 Å². The van der Waals surface area contributed by atoms with Gasteiger partial charge in [0.05, 0.1) is 22.1 Å². The highest BCUT2D eigenvalue weighted by molar-refractivity contribution is 8.18. The average Bonchev–Trinajstić information content (AvgIpc) is 3.33. The van der Waals surface area contributed by atoms with Crippen molar-refractivity contribution in [2.24, 2.45) is 0 Å². The Morgan fingerprint density at radius 2 is 2.06 bits per heavy atom. The highest BCUT2D eigenvalue weighted by atomic mass is 35.5. The van der Waals surface area contributed by atoms with E-state index < -0.39 is 29.6 Å². The lowest BCUT2D eigenvalue weighted by molar-refractivity contribution is -0.127. The van der Waals surface area contributed by atoms with Crippen LogP contribution < -0.4 is 5.32 Å². The van der Waals surface area contributed by atoms with Crippen LogP contribution >= 0.6 is 34.7 Å². The molecule has 1 saturated heterocycles. The standard InChI is InChI=1S/C21H19ClN2O5S2/c1-2-3-8-29-20(27)15-10-13(6-7-16(15)22)23-18(25)12-24-19(26)17(31-21(24)28)11-14-5-4-9-30-14/h4-7,9-11H,2-3,8,12H2,1H3,(H,23,25)/b17-11+. The van der Waals surface area contributed by atoms with Crippen LogP contribution in [-0.2, 0) is 14.3 Å². The van der Waals surface area contributed by atoms with E-state index in [-0.39, 0.29) is 22.1 Å². The molecule has 7 nitrogen and oxygen atoms in total. The first-order chi connectivity index (χ1) is 14.9. The summed E-state index contributed by atoms with van der Waals surface area (Å²) in [5.41, 5.74) is 0.429. The Morgan fingerprint density at radius 1 is 1.26 bits per heavy atom. The zero-order valence-electron chi connectivity index (χ0n) is 16.6. The van der Waals surface area contributed by atoms with Gasteiger partial charge in [-0.25, -0.2) is 4.79 Å². The van der Waals surface area contributed by atoms with Gasteiger partial charge in [-0.15, -0.1) is 11.3 Å². The van der Waals surface area contributed by atoms with Gasteiger partial charge in [-0.2, -0.15) is 0 Å². The van der Waals surface area contributed by atoms with Crippen molar-refractivity contribution in [1.29, 1.82) is 0 Å². The Balaban J connectivity index is 1.64. The summed E-state index contributed by atoms with van der Waals surface area (Å²) in [6.45, 7) is 1.82. The number of amides is 3. The summed E-state index contributed by atoms with van der Waals surface area (Å²) in [6, 6.07) is 8.06. The van der Waals surface area contributed by atoms with Gasteiger partial charge in [0.25, 0.3) is 11.1 Å². The summed E-state index contributed by atoms with van der Waals surface area (Å²) < 4.78 is 5.16. The molecule has 31 heavy (non-hydrogen) atoms. The molecule has 2 aromatic rings. The largest absolute Gasteiger partial charge is 0.462 e. The van der Waals surface area contributed by atoms with E-state index in [0.29, 0.717) is 5.69 Å². The third-order valence-corrected chi connectivity index (χ3v) is 6.25. The number of carbonyl (C=O) groups excluding carboxylic acids is 4. The first kappa shape index (κ1) is 23.1. The maximum Gasteiger partial charge on any atom is 0.339 e. The average molecular weight is 479 g/mol. The van der Waals surface area contributed by atoms with E-state index in [1.165, 1.54) is 29.5 Å². The number of thioether (sulfide) groups is 1. The number of rotatable bonds is 8.